The SMILES string of the molecule is O=C(OC[C@H]1CCC[NH+]2CCCC[C@@H]12)c1cc2ncc(Br)cn2n1. The molecule has 0 amide bonds. The Morgan fingerprint density at radius 1 is 1.33 bits per heavy atom. The maximum absolute atomic E-state index is 12.4. The summed E-state index contributed by atoms with van der Waals surface area (Å²) in [4.78, 5) is 18.3. The maximum atomic E-state index is 12.4. The molecule has 0 spiro atoms. The third kappa shape index (κ3) is 3.19. The minimum atomic E-state index is -0.348. The average Bonchev–Trinajstić information content (AvgIpc) is 3.03. The lowest BCUT2D eigenvalue weighted by Gasteiger charge is -2.40. The fourth-order valence-electron chi connectivity index (χ4n) is 4.19. The number of nitrogens with one attached hydrogen (secondary N) is 1. The molecule has 7 heteroatoms. The zero-order chi connectivity index (χ0) is 16.5. The number of hydrogen-bond acceptors (Lipinski definition) is 4. The predicted octanol–water partition coefficient (Wildman–Crippen LogP) is 1.50. The van der Waals surface area contributed by atoms with Gasteiger partial charge in [0.1, 0.15) is 6.61 Å². The lowest BCUT2D eigenvalue weighted by Crippen LogP contribution is -3.18. The van der Waals surface area contributed by atoms with E-state index in [1.807, 2.05) is 0 Å². The third-order valence-electron chi connectivity index (χ3n) is 5.35. The molecule has 1 N–H and O–H groups in total. The van der Waals surface area contributed by atoms with Gasteiger partial charge in [-0.05, 0) is 48.0 Å². The van der Waals surface area contributed by atoms with Gasteiger partial charge in [-0.2, -0.15) is 5.10 Å². The molecule has 2 aliphatic heterocycles. The summed E-state index contributed by atoms with van der Waals surface area (Å²) in [6, 6.07) is 2.34. The van der Waals surface area contributed by atoms with E-state index in [1.54, 1.807) is 27.9 Å². The van der Waals surface area contributed by atoms with Gasteiger partial charge in [-0.1, -0.05) is 0 Å². The molecular formula is C17H22BrN4O2+. The number of hydrogen-bond donors (Lipinski definition) is 1. The van der Waals surface area contributed by atoms with E-state index in [1.165, 1.54) is 45.2 Å². The molecule has 1 unspecified atom stereocenters. The van der Waals surface area contributed by atoms with Crippen LogP contribution in [0.15, 0.2) is 22.9 Å². The molecule has 6 nitrogen and oxygen atoms in total. The van der Waals surface area contributed by atoms with E-state index >= 15 is 0 Å². The van der Waals surface area contributed by atoms with E-state index in [9.17, 15) is 4.79 Å². The zero-order valence-corrected chi connectivity index (χ0v) is 15.2. The molecule has 2 aliphatic rings. The smallest absolute Gasteiger partial charge is 0.358 e. The van der Waals surface area contributed by atoms with Crippen molar-refractivity contribution in [1.82, 2.24) is 14.6 Å². The molecule has 4 rings (SSSR count). The number of fused-ring (bicyclic) bond motifs is 2. The number of nitrogens with zero attached hydrogens (tertiary/aromatic N) is 3. The third-order valence-corrected chi connectivity index (χ3v) is 5.76. The van der Waals surface area contributed by atoms with Crippen molar-refractivity contribution in [1.29, 1.82) is 0 Å². The predicted molar refractivity (Wildman–Crippen MR) is 92.0 cm³/mol. The van der Waals surface area contributed by atoms with Gasteiger partial charge < -0.3 is 9.64 Å². The van der Waals surface area contributed by atoms with Gasteiger partial charge >= 0.3 is 5.97 Å². The van der Waals surface area contributed by atoms with Crippen LogP contribution in [0.3, 0.4) is 0 Å². The Hall–Kier alpha value is -1.47. The molecule has 2 aromatic heterocycles. The summed E-state index contributed by atoms with van der Waals surface area (Å²) in [5.41, 5.74) is 0.968. The van der Waals surface area contributed by atoms with Crippen LogP contribution in [0.1, 0.15) is 42.6 Å². The number of piperidine rings is 2. The van der Waals surface area contributed by atoms with Gasteiger partial charge in [-0.25, -0.2) is 14.3 Å². The van der Waals surface area contributed by atoms with Crippen LogP contribution in [0.25, 0.3) is 5.65 Å². The molecular weight excluding hydrogens is 372 g/mol. The summed E-state index contributed by atoms with van der Waals surface area (Å²) >= 11 is 3.35. The summed E-state index contributed by atoms with van der Waals surface area (Å²) in [5, 5.41) is 4.26. The van der Waals surface area contributed by atoms with Crippen LogP contribution in [-0.2, 0) is 4.74 Å². The first-order valence-corrected chi connectivity index (χ1v) is 9.52. The van der Waals surface area contributed by atoms with Crippen LogP contribution < -0.4 is 4.90 Å². The van der Waals surface area contributed by atoms with Crippen molar-refractivity contribution in [2.45, 2.75) is 38.1 Å². The highest BCUT2D eigenvalue weighted by molar-refractivity contribution is 9.10. The standard InChI is InChI=1S/C17H21BrN4O2/c18-13-9-19-16-8-14(20-22(16)10-13)17(23)24-11-12-4-3-7-21-6-2-1-5-15(12)21/h8-10,12,15H,1-7,11H2/p+1/t12-,15+/m1/s1. The maximum Gasteiger partial charge on any atom is 0.358 e. The van der Waals surface area contributed by atoms with Crippen LogP contribution in [0, 0.1) is 5.92 Å². The van der Waals surface area contributed by atoms with E-state index in [0.29, 0.717) is 29.9 Å². The number of aromatic nitrogens is 3. The molecule has 128 valence electrons. The summed E-state index contributed by atoms with van der Waals surface area (Å²) in [6.45, 7) is 3.07. The monoisotopic (exact) mass is 393 g/mol. The van der Waals surface area contributed by atoms with Crippen LogP contribution in [0.2, 0.25) is 0 Å². The van der Waals surface area contributed by atoms with E-state index in [-0.39, 0.29) is 5.97 Å². The fraction of sp³-hybridized carbons (Fsp3) is 0.588. The largest absolute Gasteiger partial charge is 0.460 e. The van der Waals surface area contributed by atoms with Gasteiger partial charge in [0.05, 0.1) is 23.6 Å². The molecule has 0 bridgehead atoms. The number of quaternary nitrogens is 1. The number of carbonyl (C=O) groups is 1. The van der Waals surface area contributed by atoms with Gasteiger partial charge in [0.15, 0.2) is 11.3 Å². The summed E-state index contributed by atoms with van der Waals surface area (Å²) in [6.07, 6.45) is 9.79. The van der Waals surface area contributed by atoms with Gasteiger partial charge in [-0.3, -0.25) is 0 Å². The Bertz CT molecular complexity index is 745. The molecule has 0 aliphatic carbocycles. The average molecular weight is 394 g/mol. The first-order chi connectivity index (χ1) is 11.7. The van der Waals surface area contributed by atoms with Crippen LogP contribution in [0.5, 0.6) is 0 Å². The number of esters is 1. The van der Waals surface area contributed by atoms with E-state index in [2.05, 4.69) is 26.0 Å². The van der Waals surface area contributed by atoms with Crippen LogP contribution in [0.4, 0.5) is 0 Å². The number of rotatable bonds is 3. The summed E-state index contributed by atoms with van der Waals surface area (Å²) < 4.78 is 8.02. The normalized spacial score (nSPS) is 27.0. The van der Waals surface area contributed by atoms with Crippen molar-refractivity contribution >= 4 is 27.5 Å². The van der Waals surface area contributed by atoms with Crippen molar-refractivity contribution in [3.05, 3.63) is 28.6 Å². The number of halogens is 1. The molecule has 0 saturated carbocycles. The zero-order valence-electron chi connectivity index (χ0n) is 13.6. The highest BCUT2D eigenvalue weighted by Crippen LogP contribution is 2.21. The summed E-state index contributed by atoms with van der Waals surface area (Å²) in [7, 11) is 0. The van der Waals surface area contributed by atoms with Crippen molar-refractivity contribution < 1.29 is 14.4 Å². The van der Waals surface area contributed by atoms with Gasteiger partial charge in [-0.15, -0.1) is 0 Å². The molecule has 24 heavy (non-hydrogen) atoms. The van der Waals surface area contributed by atoms with Gasteiger partial charge in [0.2, 0.25) is 0 Å². The van der Waals surface area contributed by atoms with Gasteiger partial charge in [0, 0.05) is 24.4 Å². The highest BCUT2D eigenvalue weighted by Gasteiger charge is 2.37. The van der Waals surface area contributed by atoms with E-state index in [4.69, 9.17) is 4.74 Å². The second-order valence-electron chi connectivity index (χ2n) is 6.87. The Morgan fingerprint density at radius 2 is 2.21 bits per heavy atom. The van der Waals surface area contributed by atoms with E-state index in [0.717, 1.165) is 4.47 Å². The van der Waals surface area contributed by atoms with Crippen molar-refractivity contribution in [2.75, 3.05) is 19.7 Å². The molecule has 2 fully saturated rings. The quantitative estimate of drug-likeness (QED) is 0.802. The Balaban J connectivity index is 1.41. The van der Waals surface area contributed by atoms with Crippen LogP contribution >= 0.6 is 15.9 Å². The summed E-state index contributed by atoms with van der Waals surface area (Å²) in [5.74, 6) is 0.141. The van der Waals surface area contributed by atoms with Crippen molar-refractivity contribution in [3.63, 3.8) is 0 Å². The Labute approximate surface area is 149 Å². The second-order valence-corrected chi connectivity index (χ2v) is 7.78. The lowest BCUT2D eigenvalue weighted by molar-refractivity contribution is -0.940. The molecule has 0 radical (unpaired) electrons. The second kappa shape index (κ2) is 6.80. The van der Waals surface area contributed by atoms with Gasteiger partial charge in [0.25, 0.3) is 0 Å². The fourth-order valence-corrected chi connectivity index (χ4v) is 4.48. The van der Waals surface area contributed by atoms with Crippen LogP contribution in [-0.4, -0.2) is 46.3 Å². The first kappa shape index (κ1) is 16.0. The molecule has 3 atom stereocenters. The Morgan fingerprint density at radius 3 is 3.12 bits per heavy atom. The topological polar surface area (TPSA) is 60.9 Å². The number of ether oxygens (including phenoxy) is 1. The minimum Gasteiger partial charge on any atom is -0.460 e. The van der Waals surface area contributed by atoms with Crippen molar-refractivity contribution in [2.24, 2.45) is 5.92 Å². The van der Waals surface area contributed by atoms with E-state index < -0.39 is 0 Å². The first-order valence-electron chi connectivity index (χ1n) is 8.73. The molecule has 0 aromatic carbocycles. The minimum absolute atomic E-state index is 0.323. The van der Waals surface area contributed by atoms with Crippen molar-refractivity contribution in [3.8, 4) is 0 Å². The number of carbonyl (C=O) groups excluding carboxylic acids is 1. The highest BCUT2D eigenvalue weighted by atomic mass is 79.9. The molecule has 4 heterocycles. The Kier molecular flexibility index (Phi) is 4.54. The molecule has 2 aromatic rings. The molecule has 2 saturated heterocycles. The lowest BCUT2D eigenvalue weighted by atomic mass is 9.84.